The van der Waals surface area contributed by atoms with Crippen LogP contribution in [0.25, 0.3) is 0 Å². The van der Waals surface area contributed by atoms with Gasteiger partial charge in [0.05, 0.1) is 18.3 Å². The molecule has 9 nitrogen and oxygen atoms in total. The molecule has 174 valence electrons. The van der Waals surface area contributed by atoms with Gasteiger partial charge in [-0.3, -0.25) is 9.59 Å². The summed E-state index contributed by atoms with van der Waals surface area (Å²) >= 11 is 5.84. The maximum atomic E-state index is 13.0. The Hall–Kier alpha value is -3.21. The molecule has 2 N–H and O–H groups in total. The second-order valence-electron chi connectivity index (χ2n) is 7.15. The third kappa shape index (κ3) is 7.14. The van der Waals surface area contributed by atoms with Crippen molar-refractivity contribution in [1.82, 2.24) is 14.3 Å². The third-order valence-corrected chi connectivity index (χ3v) is 6.50. The summed E-state index contributed by atoms with van der Waals surface area (Å²) in [5.74, 6) is -0.841. The monoisotopic (exact) mass is 490 g/mol. The number of aryl methyl sites for hydroxylation is 1. The Morgan fingerprint density at radius 3 is 2.42 bits per heavy atom. The highest BCUT2D eigenvalue weighted by atomic mass is 35.5. The number of esters is 1. The van der Waals surface area contributed by atoms with Crippen molar-refractivity contribution < 1.29 is 22.7 Å². The number of benzene rings is 2. The molecule has 1 heterocycles. The number of rotatable bonds is 10. The molecule has 3 rings (SSSR count). The topological polar surface area (TPSA) is 119 Å². The van der Waals surface area contributed by atoms with Crippen LogP contribution in [0.3, 0.4) is 0 Å². The number of nitrogens with one attached hydrogen (secondary N) is 2. The molecule has 0 bridgehead atoms. The summed E-state index contributed by atoms with van der Waals surface area (Å²) in [6, 6.07) is 11.5. The zero-order chi connectivity index (χ0) is 23.8. The highest BCUT2D eigenvalue weighted by molar-refractivity contribution is 7.89. The highest BCUT2D eigenvalue weighted by Gasteiger charge is 2.26. The maximum absolute atomic E-state index is 13.0. The van der Waals surface area contributed by atoms with Crippen LogP contribution < -0.4 is 10.0 Å². The van der Waals surface area contributed by atoms with Gasteiger partial charge in [0.15, 0.2) is 0 Å². The SMILES string of the molecule is COC(=O)CCc1ccc(NC(=O)C(Cn2ccnc2)NS(=O)(=O)c2ccc(Cl)cc2)cc1. The fourth-order valence-electron chi connectivity index (χ4n) is 2.98. The van der Waals surface area contributed by atoms with Crippen LogP contribution in [-0.2, 0) is 37.3 Å². The molecular formula is C22H23ClN4O5S. The lowest BCUT2D eigenvalue weighted by Crippen LogP contribution is -2.46. The zero-order valence-corrected chi connectivity index (χ0v) is 19.3. The van der Waals surface area contributed by atoms with E-state index in [1.54, 1.807) is 35.0 Å². The molecule has 0 saturated heterocycles. The molecule has 0 saturated carbocycles. The predicted octanol–water partition coefficient (Wildman–Crippen LogP) is 2.63. The first-order valence-corrected chi connectivity index (χ1v) is 11.8. The van der Waals surface area contributed by atoms with Crippen LogP contribution in [0.5, 0.6) is 0 Å². The highest BCUT2D eigenvalue weighted by Crippen LogP contribution is 2.16. The Labute approximate surface area is 196 Å². The minimum Gasteiger partial charge on any atom is -0.469 e. The lowest BCUT2D eigenvalue weighted by Gasteiger charge is -2.19. The number of ether oxygens (including phenoxy) is 1. The van der Waals surface area contributed by atoms with Crippen LogP contribution in [0, 0.1) is 0 Å². The largest absolute Gasteiger partial charge is 0.469 e. The van der Waals surface area contributed by atoms with Gasteiger partial charge in [-0.05, 0) is 48.4 Å². The smallest absolute Gasteiger partial charge is 0.305 e. The molecule has 33 heavy (non-hydrogen) atoms. The number of aromatic nitrogens is 2. The van der Waals surface area contributed by atoms with E-state index in [0.717, 1.165) is 5.56 Å². The van der Waals surface area contributed by atoms with Crippen LogP contribution in [-0.4, -0.2) is 43.0 Å². The standard InChI is InChI=1S/C22H23ClN4O5S/c1-32-21(28)11-4-16-2-7-18(8-3-16)25-22(29)20(14-27-13-12-24-15-27)26-33(30,31)19-9-5-17(23)6-10-19/h2-3,5-10,12-13,15,20,26H,4,11,14H2,1H3,(H,25,29). The van der Waals surface area contributed by atoms with E-state index in [2.05, 4.69) is 19.8 Å². The summed E-state index contributed by atoms with van der Waals surface area (Å²) in [6.45, 7) is 0.0376. The number of hydrogen-bond acceptors (Lipinski definition) is 6. The van der Waals surface area contributed by atoms with Crippen molar-refractivity contribution in [3.8, 4) is 0 Å². The summed E-state index contributed by atoms with van der Waals surface area (Å²) < 4.78 is 34.4. The Bertz CT molecular complexity index is 1180. The first-order chi connectivity index (χ1) is 15.8. The molecular weight excluding hydrogens is 468 g/mol. The second kappa shape index (κ2) is 11.1. The summed E-state index contributed by atoms with van der Waals surface area (Å²) in [5.41, 5.74) is 1.39. The Kier molecular flexibility index (Phi) is 8.21. The minimum atomic E-state index is -3.99. The average molecular weight is 491 g/mol. The van der Waals surface area contributed by atoms with E-state index in [9.17, 15) is 18.0 Å². The van der Waals surface area contributed by atoms with Crippen molar-refractivity contribution in [3.63, 3.8) is 0 Å². The van der Waals surface area contributed by atoms with Gasteiger partial charge in [0, 0.05) is 36.1 Å². The van der Waals surface area contributed by atoms with Crippen molar-refractivity contribution in [2.45, 2.75) is 30.3 Å². The zero-order valence-electron chi connectivity index (χ0n) is 17.8. The quantitative estimate of drug-likeness (QED) is 0.422. The van der Waals surface area contributed by atoms with Gasteiger partial charge in [-0.15, -0.1) is 0 Å². The van der Waals surface area contributed by atoms with Gasteiger partial charge in [-0.1, -0.05) is 23.7 Å². The minimum absolute atomic E-state index is 0.00899. The number of imidazole rings is 1. The third-order valence-electron chi connectivity index (χ3n) is 4.76. The van der Waals surface area contributed by atoms with Gasteiger partial charge in [-0.2, -0.15) is 4.72 Å². The molecule has 0 aliphatic carbocycles. The molecule has 0 spiro atoms. The van der Waals surface area contributed by atoms with Gasteiger partial charge >= 0.3 is 5.97 Å². The second-order valence-corrected chi connectivity index (χ2v) is 9.30. The van der Waals surface area contributed by atoms with Crippen molar-refractivity contribution in [3.05, 3.63) is 77.8 Å². The van der Waals surface area contributed by atoms with Crippen molar-refractivity contribution in [1.29, 1.82) is 0 Å². The van der Waals surface area contributed by atoms with Crippen molar-refractivity contribution in [2.75, 3.05) is 12.4 Å². The first-order valence-electron chi connectivity index (χ1n) is 9.97. The Balaban J connectivity index is 1.73. The summed E-state index contributed by atoms with van der Waals surface area (Å²) in [5, 5.41) is 3.13. The molecule has 1 unspecified atom stereocenters. The van der Waals surface area contributed by atoms with E-state index in [1.165, 1.54) is 43.9 Å². The average Bonchev–Trinajstić information content (AvgIpc) is 3.31. The van der Waals surface area contributed by atoms with Crippen molar-refractivity contribution in [2.24, 2.45) is 0 Å². The lowest BCUT2D eigenvalue weighted by atomic mass is 10.1. The van der Waals surface area contributed by atoms with Crippen LogP contribution in [0.4, 0.5) is 5.69 Å². The number of anilines is 1. The van der Waals surface area contributed by atoms with E-state index in [-0.39, 0.29) is 23.8 Å². The number of methoxy groups -OCH3 is 1. The van der Waals surface area contributed by atoms with Gasteiger partial charge in [0.2, 0.25) is 15.9 Å². The molecule has 2 aromatic carbocycles. The van der Waals surface area contributed by atoms with E-state index in [4.69, 9.17) is 11.6 Å². The first kappa shape index (κ1) is 24.4. The normalized spacial score (nSPS) is 12.2. The molecule has 0 radical (unpaired) electrons. The molecule has 0 aliphatic rings. The predicted molar refractivity (Wildman–Crippen MR) is 123 cm³/mol. The molecule has 1 amide bonds. The van der Waals surface area contributed by atoms with Gasteiger partial charge in [0.1, 0.15) is 6.04 Å². The maximum Gasteiger partial charge on any atom is 0.305 e. The number of halogens is 1. The Morgan fingerprint density at radius 2 is 1.82 bits per heavy atom. The summed E-state index contributed by atoms with van der Waals surface area (Å²) in [7, 11) is -2.65. The molecule has 0 fully saturated rings. The van der Waals surface area contributed by atoms with Crippen molar-refractivity contribution >= 4 is 39.2 Å². The number of amides is 1. The van der Waals surface area contributed by atoms with Crippen LogP contribution in [0.2, 0.25) is 5.02 Å². The molecule has 1 aromatic heterocycles. The van der Waals surface area contributed by atoms with Crippen LogP contribution in [0.15, 0.2) is 72.1 Å². The van der Waals surface area contributed by atoms with Gasteiger partial charge in [-0.25, -0.2) is 13.4 Å². The number of nitrogens with zero attached hydrogens (tertiary/aromatic N) is 2. The molecule has 1 atom stereocenters. The van der Waals surface area contributed by atoms with E-state index < -0.39 is 22.0 Å². The molecule has 11 heteroatoms. The number of carbonyl (C=O) groups is 2. The number of carbonyl (C=O) groups excluding carboxylic acids is 2. The molecule has 0 aliphatic heterocycles. The summed E-state index contributed by atoms with van der Waals surface area (Å²) in [6.07, 6.45) is 5.42. The fraction of sp³-hybridized carbons (Fsp3) is 0.227. The number of hydrogen-bond donors (Lipinski definition) is 2. The number of sulfonamides is 1. The van der Waals surface area contributed by atoms with E-state index in [1.807, 2.05) is 0 Å². The van der Waals surface area contributed by atoms with Gasteiger partial charge < -0.3 is 14.6 Å². The summed E-state index contributed by atoms with van der Waals surface area (Å²) in [4.78, 5) is 28.2. The van der Waals surface area contributed by atoms with E-state index in [0.29, 0.717) is 17.1 Å². The van der Waals surface area contributed by atoms with Crippen LogP contribution >= 0.6 is 11.6 Å². The van der Waals surface area contributed by atoms with Crippen LogP contribution in [0.1, 0.15) is 12.0 Å². The Morgan fingerprint density at radius 1 is 1.12 bits per heavy atom. The van der Waals surface area contributed by atoms with Gasteiger partial charge in [0.25, 0.3) is 0 Å². The molecule has 3 aromatic rings. The fourth-order valence-corrected chi connectivity index (χ4v) is 4.29. The van der Waals surface area contributed by atoms with E-state index >= 15 is 0 Å². The lowest BCUT2D eigenvalue weighted by molar-refractivity contribution is -0.140.